The van der Waals surface area contributed by atoms with Gasteiger partial charge in [-0.3, -0.25) is 9.78 Å². The van der Waals surface area contributed by atoms with Crippen LogP contribution in [0.3, 0.4) is 0 Å². The van der Waals surface area contributed by atoms with Gasteiger partial charge in [0.05, 0.1) is 17.9 Å². The molecule has 0 aliphatic carbocycles. The number of hydrogen-bond donors (Lipinski definition) is 1. The van der Waals surface area contributed by atoms with Gasteiger partial charge in [0.1, 0.15) is 27.2 Å². The second kappa shape index (κ2) is 9.34. The van der Waals surface area contributed by atoms with Crippen molar-refractivity contribution in [3.63, 3.8) is 0 Å². The van der Waals surface area contributed by atoms with E-state index >= 15 is 0 Å². The number of amides is 1. The van der Waals surface area contributed by atoms with Gasteiger partial charge < -0.3 is 10.1 Å². The van der Waals surface area contributed by atoms with Crippen molar-refractivity contribution in [1.82, 2.24) is 20.3 Å². The van der Waals surface area contributed by atoms with Crippen molar-refractivity contribution in [2.24, 2.45) is 0 Å². The lowest BCUT2D eigenvalue weighted by Crippen LogP contribution is -2.22. The van der Waals surface area contributed by atoms with Gasteiger partial charge in [0.25, 0.3) is 5.91 Å². The van der Waals surface area contributed by atoms with Gasteiger partial charge in [0.2, 0.25) is 0 Å². The molecule has 3 aromatic heterocycles. The molecule has 0 aliphatic rings. The zero-order valence-corrected chi connectivity index (χ0v) is 18.4. The van der Waals surface area contributed by atoms with Gasteiger partial charge in [-0.15, -0.1) is 22.7 Å². The fourth-order valence-electron chi connectivity index (χ4n) is 2.68. The van der Waals surface area contributed by atoms with E-state index in [-0.39, 0.29) is 5.91 Å². The van der Waals surface area contributed by atoms with E-state index in [1.165, 1.54) is 22.7 Å². The molecule has 1 aromatic carbocycles. The van der Waals surface area contributed by atoms with E-state index < -0.39 is 0 Å². The third-order valence-corrected chi connectivity index (χ3v) is 6.38. The van der Waals surface area contributed by atoms with Gasteiger partial charge in [0, 0.05) is 28.4 Å². The van der Waals surface area contributed by atoms with Crippen molar-refractivity contribution in [2.75, 3.05) is 0 Å². The Morgan fingerprint density at radius 3 is 2.63 bits per heavy atom. The molecule has 30 heavy (non-hydrogen) atoms. The number of benzene rings is 1. The Bertz CT molecular complexity index is 1140. The van der Waals surface area contributed by atoms with Crippen LogP contribution in [0.2, 0.25) is 5.02 Å². The van der Waals surface area contributed by atoms with Gasteiger partial charge in [0.15, 0.2) is 0 Å². The lowest BCUT2D eigenvalue weighted by Gasteiger charge is -2.03. The fraction of sp³-hybridized carbons (Fsp3) is 0.143. The fourth-order valence-corrected chi connectivity index (χ4v) is 4.45. The first kappa shape index (κ1) is 20.5. The highest BCUT2D eigenvalue weighted by molar-refractivity contribution is 7.13. The normalized spacial score (nSPS) is 10.7. The third kappa shape index (κ3) is 5.02. The van der Waals surface area contributed by atoms with Crippen LogP contribution in [0.4, 0.5) is 0 Å². The van der Waals surface area contributed by atoms with Crippen LogP contribution >= 0.6 is 34.3 Å². The van der Waals surface area contributed by atoms with Crippen LogP contribution in [0, 0.1) is 6.92 Å². The molecule has 9 heteroatoms. The van der Waals surface area contributed by atoms with E-state index in [2.05, 4.69) is 20.3 Å². The number of rotatable bonds is 7. The first-order valence-corrected chi connectivity index (χ1v) is 11.1. The number of nitrogens with one attached hydrogen (secondary N) is 1. The van der Waals surface area contributed by atoms with Gasteiger partial charge in [-0.1, -0.05) is 11.6 Å². The molecule has 0 aliphatic heterocycles. The zero-order chi connectivity index (χ0) is 20.9. The summed E-state index contributed by atoms with van der Waals surface area (Å²) in [6.45, 7) is 2.48. The molecular weight excluding hydrogens is 440 g/mol. The topological polar surface area (TPSA) is 77.0 Å². The molecule has 0 spiro atoms. The SMILES string of the molecule is Cc1nc(COc2ccc(Cl)cc2)sc1C(=O)NCc1nc(-c2ccncc2)cs1. The monoisotopic (exact) mass is 456 g/mol. The summed E-state index contributed by atoms with van der Waals surface area (Å²) in [5.74, 6) is 0.537. The number of aryl methyl sites for hydroxylation is 1. The maximum absolute atomic E-state index is 12.6. The lowest BCUT2D eigenvalue weighted by molar-refractivity contribution is 0.0954. The molecular formula is C21H17ClN4O2S2. The quantitative estimate of drug-likeness (QED) is 0.417. The number of aromatic nitrogens is 3. The molecule has 1 amide bonds. The van der Waals surface area contributed by atoms with Crippen molar-refractivity contribution in [3.8, 4) is 17.0 Å². The van der Waals surface area contributed by atoms with Gasteiger partial charge in [-0.05, 0) is 43.3 Å². The molecule has 0 saturated heterocycles. The number of ether oxygens (including phenoxy) is 1. The maximum atomic E-state index is 12.6. The number of hydrogen-bond acceptors (Lipinski definition) is 7. The first-order chi connectivity index (χ1) is 14.6. The van der Waals surface area contributed by atoms with Gasteiger partial charge >= 0.3 is 0 Å². The minimum absolute atomic E-state index is 0.164. The highest BCUT2D eigenvalue weighted by atomic mass is 35.5. The van der Waals surface area contributed by atoms with Crippen LogP contribution in [0.15, 0.2) is 54.2 Å². The minimum atomic E-state index is -0.164. The van der Waals surface area contributed by atoms with Crippen molar-refractivity contribution in [1.29, 1.82) is 0 Å². The van der Waals surface area contributed by atoms with E-state index in [0.29, 0.717) is 34.5 Å². The second-order valence-electron chi connectivity index (χ2n) is 6.31. The van der Waals surface area contributed by atoms with E-state index in [4.69, 9.17) is 16.3 Å². The van der Waals surface area contributed by atoms with Crippen molar-refractivity contribution >= 4 is 40.2 Å². The summed E-state index contributed by atoms with van der Waals surface area (Å²) in [4.78, 5) is 26.2. The minimum Gasteiger partial charge on any atom is -0.486 e. The summed E-state index contributed by atoms with van der Waals surface area (Å²) in [7, 11) is 0. The van der Waals surface area contributed by atoms with Gasteiger partial charge in [-0.2, -0.15) is 0 Å². The van der Waals surface area contributed by atoms with E-state index in [1.54, 1.807) is 36.7 Å². The average Bonchev–Trinajstić information content (AvgIpc) is 3.39. The number of carbonyl (C=O) groups excluding carboxylic acids is 1. The Morgan fingerprint density at radius 1 is 1.10 bits per heavy atom. The summed E-state index contributed by atoms with van der Waals surface area (Å²) in [6, 6.07) is 10.9. The van der Waals surface area contributed by atoms with Crippen LogP contribution in [-0.4, -0.2) is 20.9 Å². The molecule has 6 nitrogen and oxygen atoms in total. The summed E-state index contributed by atoms with van der Waals surface area (Å²) in [5, 5.41) is 7.13. The number of nitrogens with zero attached hydrogens (tertiary/aromatic N) is 3. The van der Waals surface area contributed by atoms with Crippen molar-refractivity contribution in [2.45, 2.75) is 20.1 Å². The third-order valence-electron chi connectivity index (χ3n) is 4.15. The lowest BCUT2D eigenvalue weighted by atomic mass is 10.2. The second-order valence-corrected chi connectivity index (χ2v) is 8.77. The summed E-state index contributed by atoms with van der Waals surface area (Å²) < 4.78 is 5.71. The smallest absolute Gasteiger partial charge is 0.263 e. The Labute approximate surface area is 186 Å². The van der Waals surface area contributed by atoms with Gasteiger partial charge in [-0.25, -0.2) is 9.97 Å². The Balaban J connectivity index is 1.35. The number of carbonyl (C=O) groups is 1. The molecule has 0 radical (unpaired) electrons. The molecule has 4 rings (SSSR count). The molecule has 0 atom stereocenters. The molecule has 0 bridgehead atoms. The molecule has 152 valence electrons. The molecule has 0 unspecified atom stereocenters. The molecule has 4 aromatic rings. The largest absolute Gasteiger partial charge is 0.486 e. The number of pyridine rings is 1. The van der Waals surface area contributed by atoms with Crippen LogP contribution in [-0.2, 0) is 13.2 Å². The standard InChI is InChI=1S/C21H17ClN4O2S2/c1-13-20(30-19(25-13)11-28-16-4-2-15(22)3-5-16)21(27)24-10-18-26-17(12-29-18)14-6-8-23-9-7-14/h2-9,12H,10-11H2,1H3,(H,24,27). The van der Waals surface area contributed by atoms with Crippen LogP contribution < -0.4 is 10.1 Å². The zero-order valence-electron chi connectivity index (χ0n) is 16.0. The molecule has 1 N–H and O–H groups in total. The highest BCUT2D eigenvalue weighted by Crippen LogP contribution is 2.23. The van der Waals surface area contributed by atoms with Crippen molar-refractivity contribution < 1.29 is 9.53 Å². The average molecular weight is 457 g/mol. The predicted octanol–water partition coefficient (Wildman–Crippen LogP) is 5.13. The maximum Gasteiger partial charge on any atom is 0.263 e. The summed E-state index contributed by atoms with van der Waals surface area (Å²) >= 11 is 8.72. The van der Waals surface area contributed by atoms with E-state index in [9.17, 15) is 4.79 Å². The Morgan fingerprint density at radius 2 is 1.87 bits per heavy atom. The molecule has 3 heterocycles. The van der Waals surface area contributed by atoms with Crippen LogP contribution in [0.25, 0.3) is 11.3 Å². The molecule has 0 saturated carbocycles. The predicted molar refractivity (Wildman–Crippen MR) is 119 cm³/mol. The van der Waals surface area contributed by atoms with E-state index in [0.717, 1.165) is 21.3 Å². The summed E-state index contributed by atoms with van der Waals surface area (Å²) in [6.07, 6.45) is 3.47. The van der Waals surface area contributed by atoms with Crippen LogP contribution in [0.5, 0.6) is 5.75 Å². The van der Waals surface area contributed by atoms with Crippen LogP contribution in [0.1, 0.15) is 25.4 Å². The Hall–Kier alpha value is -2.81. The first-order valence-electron chi connectivity index (χ1n) is 9.06. The Kier molecular flexibility index (Phi) is 6.37. The van der Waals surface area contributed by atoms with E-state index in [1.807, 2.05) is 24.4 Å². The number of halogens is 1. The molecule has 0 fully saturated rings. The highest BCUT2D eigenvalue weighted by Gasteiger charge is 2.16. The number of thiazole rings is 2. The summed E-state index contributed by atoms with van der Waals surface area (Å²) in [5.41, 5.74) is 2.56. The van der Waals surface area contributed by atoms with Crippen molar-refractivity contribution in [3.05, 3.63) is 79.8 Å².